The van der Waals surface area contributed by atoms with Gasteiger partial charge in [0.2, 0.25) is 5.75 Å². The highest BCUT2D eigenvalue weighted by atomic mass is 79.9. The number of nitro benzene ring substituents is 1. The van der Waals surface area contributed by atoms with Gasteiger partial charge in [0, 0.05) is 21.5 Å². The summed E-state index contributed by atoms with van der Waals surface area (Å²) >= 11 is 9.72. The van der Waals surface area contributed by atoms with E-state index in [0.29, 0.717) is 22.3 Å². The highest BCUT2D eigenvalue weighted by Crippen LogP contribution is 2.37. The molecule has 0 aliphatic heterocycles. The van der Waals surface area contributed by atoms with Gasteiger partial charge in [-0.1, -0.05) is 69.1 Å². The van der Waals surface area contributed by atoms with Crippen molar-refractivity contribution in [1.29, 1.82) is 0 Å². The molecule has 3 aromatic rings. The van der Waals surface area contributed by atoms with Gasteiger partial charge in [-0.3, -0.25) is 14.9 Å². The summed E-state index contributed by atoms with van der Waals surface area (Å²) in [5.41, 5.74) is -0.420. The number of nitrogens with zero attached hydrogens (tertiary/aromatic N) is 4. The van der Waals surface area contributed by atoms with E-state index in [-0.39, 0.29) is 34.0 Å². The molecule has 10 heteroatoms. The lowest BCUT2D eigenvalue weighted by Gasteiger charge is -2.21. The minimum absolute atomic E-state index is 0.00325. The maximum Gasteiger partial charge on any atom is 0.313 e. The smallest absolute Gasteiger partial charge is 0.313 e. The second kappa shape index (κ2) is 9.46. The minimum atomic E-state index is -0.553. The average Bonchev–Trinajstić information content (AvgIpc) is 2.70. The molecule has 0 saturated carbocycles. The van der Waals surface area contributed by atoms with E-state index >= 15 is 0 Å². The lowest BCUT2D eigenvalue weighted by Crippen LogP contribution is -2.29. The van der Waals surface area contributed by atoms with Crippen LogP contribution in [0.2, 0.25) is 5.02 Å². The molecule has 0 unspecified atom stereocenters. The summed E-state index contributed by atoms with van der Waals surface area (Å²) in [5, 5.41) is 16.5. The quantitative estimate of drug-likeness (QED) is 0.210. The molecule has 0 spiro atoms. The molecule has 0 bridgehead atoms. The average molecular weight is 550 g/mol. The number of halogens is 2. The van der Waals surface area contributed by atoms with Crippen molar-refractivity contribution in [2.75, 3.05) is 6.61 Å². The first-order chi connectivity index (χ1) is 15.7. The fraction of sp³-hybridized carbons (Fsp3) is 0.375. The summed E-state index contributed by atoms with van der Waals surface area (Å²) in [5.74, 6) is 0.456. The highest BCUT2D eigenvalue weighted by molar-refractivity contribution is 9.10. The first kappa shape index (κ1) is 25.8. The number of rotatable bonds is 5. The SMILES string of the molecule is CC(C)(C)COc1c(Cl)cc(C=Nn2c(C(C)(C)C)nc3ccc(Br)cc3c2=O)cc1[N+](=O)[O-]. The summed E-state index contributed by atoms with van der Waals surface area (Å²) in [4.78, 5) is 29.1. The van der Waals surface area contributed by atoms with Gasteiger partial charge in [0.25, 0.3) is 5.56 Å². The standard InChI is InChI=1S/C24H26BrClN4O4/c1-23(2,3)13-34-20-17(26)9-14(10-19(20)30(32)33)12-27-29-21(31)16-11-15(25)7-8-18(16)28-22(29)24(4,5)6/h7-12H,13H2,1-6H3. The van der Waals surface area contributed by atoms with E-state index in [1.807, 2.05) is 47.6 Å². The molecular weight excluding hydrogens is 524 g/mol. The number of benzene rings is 2. The van der Waals surface area contributed by atoms with Gasteiger partial charge < -0.3 is 4.74 Å². The van der Waals surface area contributed by atoms with Gasteiger partial charge in [-0.25, -0.2) is 4.98 Å². The van der Waals surface area contributed by atoms with Crippen molar-refractivity contribution in [3.8, 4) is 5.75 Å². The third kappa shape index (κ3) is 5.82. The summed E-state index contributed by atoms with van der Waals surface area (Å²) in [6.07, 6.45) is 1.36. The van der Waals surface area contributed by atoms with E-state index < -0.39 is 10.3 Å². The Balaban J connectivity index is 2.13. The van der Waals surface area contributed by atoms with Crippen molar-refractivity contribution in [1.82, 2.24) is 9.66 Å². The number of nitro groups is 1. The predicted molar refractivity (Wildman–Crippen MR) is 138 cm³/mol. The fourth-order valence-corrected chi connectivity index (χ4v) is 3.75. The topological polar surface area (TPSA) is 99.6 Å². The van der Waals surface area contributed by atoms with Crippen LogP contribution in [-0.4, -0.2) is 27.4 Å². The van der Waals surface area contributed by atoms with Crippen LogP contribution in [-0.2, 0) is 5.41 Å². The maximum atomic E-state index is 13.3. The summed E-state index contributed by atoms with van der Waals surface area (Å²) in [7, 11) is 0. The Hall–Kier alpha value is -2.78. The van der Waals surface area contributed by atoms with Gasteiger partial charge >= 0.3 is 5.69 Å². The Bertz CT molecular complexity index is 1350. The Labute approximate surface area is 210 Å². The molecular formula is C24H26BrClN4O4. The first-order valence-corrected chi connectivity index (χ1v) is 11.7. The van der Waals surface area contributed by atoms with E-state index in [0.717, 1.165) is 4.47 Å². The van der Waals surface area contributed by atoms with Crippen LogP contribution in [0.15, 0.2) is 44.7 Å². The lowest BCUT2D eigenvalue weighted by atomic mass is 9.95. The zero-order chi connectivity index (χ0) is 25.4. The molecule has 2 aromatic carbocycles. The third-order valence-electron chi connectivity index (χ3n) is 4.69. The molecule has 0 N–H and O–H groups in total. The number of hydrogen-bond donors (Lipinski definition) is 0. The molecule has 8 nitrogen and oxygen atoms in total. The zero-order valence-electron chi connectivity index (χ0n) is 19.8. The highest BCUT2D eigenvalue weighted by Gasteiger charge is 2.24. The van der Waals surface area contributed by atoms with Crippen LogP contribution >= 0.6 is 27.5 Å². The van der Waals surface area contributed by atoms with Crippen LogP contribution in [0.1, 0.15) is 52.9 Å². The van der Waals surface area contributed by atoms with E-state index in [9.17, 15) is 14.9 Å². The van der Waals surface area contributed by atoms with Gasteiger partial charge in [-0.15, -0.1) is 0 Å². The Morgan fingerprint density at radius 1 is 1.21 bits per heavy atom. The molecule has 0 amide bonds. The van der Waals surface area contributed by atoms with Crippen molar-refractivity contribution >= 4 is 50.3 Å². The van der Waals surface area contributed by atoms with Crippen molar-refractivity contribution in [3.63, 3.8) is 0 Å². The summed E-state index contributed by atoms with van der Waals surface area (Å²) in [6.45, 7) is 11.9. The Kier molecular flexibility index (Phi) is 7.19. The second-order valence-electron chi connectivity index (χ2n) is 10.2. The summed E-state index contributed by atoms with van der Waals surface area (Å²) in [6, 6.07) is 8.11. The van der Waals surface area contributed by atoms with Crippen LogP contribution < -0.4 is 10.3 Å². The van der Waals surface area contributed by atoms with Gasteiger partial charge in [0.05, 0.1) is 33.7 Å². The third-order valence-corrected chi connectivity index (χ3v) is 5.47. The van der Waals surface area contributed by atoms with Crippen molar-refractivity contribution < 1.29 is 9.66 Å². The number of aromatic nitrogens is 2. The Morgan fingerprint density at radius 2 is 1.88 bits per heavy atom. The van der Waals surface area contributed by atoms with Gasteiger partial charge in [0.1, 0.15) is 5.82 Å². The van der Waals surface area contributed by atoms with Crippen molar-refractivity contribution in [3.05, 3.63) is 71.7 Å². The van der Waals surface area contributed by atoms with Crippen molar-refractivity contribution in [2.24, 2.45) is 10.5 Å². The molecule has 180 valence electrons. The largest absolute Gasteiger partial charge is 0.485 e. The molecule has 0 atom stereocenters. The molecule has 0 fully saturated rings. The number of fused-ring (bicyclic) bond motifs is 1. The van der Waals surface area contributed by atoms with E-state index in [2.05, 4.69) is 26.0 Å². The van der Waals surface area contributed by atoms with Gasteiger partial charge in [0.15, 0.2) is 0 Å². The van der Waals surface area contributed by atoms with Crippen LogP contribution in [0.25, 0.3) is 10.9 Å². The van der Waals surface area contributed by atoms with E-state index in [4.69, 9.17) is 16.3 Å². The lowest BCUT2D eigenvalue weighted by molar-refractivity contribution is -0.385. The molecule has 0 radical (unpaired) electrons. The maximum absolute atomic E-state index is 13.3. The molecule has 34 heavy (non-hydrogen) atoms. The van der Waals surface area contributed by atoms with Crippen LogP contribution in [0, 0.1) is 15.5 Å². The second-order valence-corrected chi connectivity index (χ2v) is 11.5. The van der Waals surface area contributed by atoms with Crippen LogP contribution in [0.4, 0.5) is 5.69 Å². The van der Waals surface area contributed by atoms with Crippen LogP contribution in [0.5, 0.6) is 5.75 Å². The molecule has 1 heterocycles. The van der Waals surface area contributed by atoms with Crippen molar-refractivity contribution in [2.45, 2.75) is 47.0 Å². The molecule has 1 aromatic heterocycles. The molecule has 0 saturated heterocycles. The fourth-order valence-electron chi connectivity index (χ4n) is 3.11. The number of ether oxygens (including phenoxy) is 1. The summed E-state index contributed by atoms with van der Waals surface area (Å²) < 4.78 is 7.63. The minimum Gasteiger partial charge on any atom is -0.485 e. The number of hydrogen-bond acceptors (Lipinski definition) is 6. The molecule has 0 aliphatic carbocycles. The Morgan fingerprint density at radius 3 is 2.47 bits per heavy atom. The molecule has 3 rings (SSSR count). The predicted octanol–water partition coefficient (Wildman–Crippen LogP) is 6.33. The van der Waals surface area contributed by atoms with E-state index in [1.165, 1.54) is 23.0 Å². The first-order valence-electron chi connectivity index (χ1n) is 10.6. The van der Waals surface area contributed by atoms with E-state index in [1.54, 1.807) is 12.1 Å². The molecule has 0 aliphatic rings. The van der Waals surface area contributed by atoms with Crippen LogP contribution in [0.3, 0.4) is 0 Å². The normalized spacial score (nSPS) is 12.5. The van der Waals surface area contributed by atoms with Gasteiger partial charge in [-0.2, -0.15) is 9.78 Å². The van der Waals surface area contributed by atoms with Gasteiger partial charge in [-0.05, 0) is 29.7 Å². The zero-order valence-corrected chi connectivity index (χ0v) is 22.2. The monoisotopic (exact) mass is 548 g/mol.